The Bertz CT molecular complexity index is 913. The Balaban J connectivity index is 1.62. The molecular formula is C21H21N3O3S. The number of hydrogen-bond acceptors (Lipinski definition) is 6. The molecule has 2 heterocycles. The molecule has 6 nitrogen and oxygen atoms in total. The lowest BCUT2D eigenvalue weighted by molar-refractivity contribution is -0.135. The van der Waals surface area contributed by atoms with Crippen LogP contribution in [0.15, 0.2) is 61.1 Å². The number of thiophene rings is 1. The number of amides is 1. The number of rotatable bonds is 8. The van der Waals surface area contributed by atoms with Crippen molar-refractivity contribution in [3.05, 3.63) is 82.1 Å². The molecule has 3 rings (SSSR count). The maximum atomic E-state index is 12.7. The molecule has 1 aromatic carbocycles. The van der Waals surface area contributed by atoms with E-state index in [1.807, 2.05) is 49.4 Å². The maximum Gasteiger partial charge on any atom is 0.359 e. The smallest absolute Gasteiger partial charge is 0.359 e. The predicted octanol–water partition coefficient (Wildman–Crippen LogP) is 3.27. The van der Waals surface area contributed by atoms with Gasteiger partial charge < -0.3 is 9.64 Å². The second-order valence-corrected chi connectivity index (χ2v) is 7.60. The maximum absolute atomic E-state index is 12.7. The van der Waals surface area contributed by atoms with Crippen molar-refractivity contribution < 1.29 is 14.3 Å². The number of aromatic nitrogens is 2. The van der Waals surface area contributed by atoms with E-state index in [0.29, 0.717) is 13.1 Å². The third kappa shape index (κ3) is 5.72. The van der Waals surface area contributed by atoms with Gasteiger partial charge in [0, 0.05) is 28.7 Å². The number of carbonyl (C=O) groups is 2. The van der Waals surface area contributed by atoms with Crippen LogP contribution in [0.25, 0.3) is 0 Å². The molecule has 3 aromatic rings. The van der Waals surface area contributed by atoms with Gasteiger partial charge in [-0.15, -0.1) is 11.3 Å². The van der Waals surface area contributed by atoms with Crippen molar-refractivity contribution in [2.24, 2.45) is 0 Å². The first-order valence-corrected chi connectivity index (χ1v) is 9.73. The molecule has 2 aromatic heterocycles. The number of ether oxygens (including phenoxy) is 1. The van der Waals surface area contributed by atoms with E-state index >= 15 is 0 Å². The predicted molar refractivity (Wildman–Crippen MR) is 107 cm³/mol. The third-order valence-electron chi connectivity index (χ3n) is 4.11. The molecule has 1 amide bonds. The summed E-state index contributed by atoms with van der Waals surface area (Å²) in [5.74, 6) is -0.893. The van der Waals surface area contributed by atoms with Crippen molar-refractivity contribution in [2.45, 2.75) is 19.9 Å². The molecule has 0 saturated heterocycles. The van der Waals surface area contributed by atoms with E-state index in [4.69, 9.17) is 4.74 Å². The first kappa shape index (κ1) is 19.7. The van der Waals surface area contributed by atoms with Gasteiger partial charge in [-0.2, -0.15) is 0 Å². The molecule has 28 heavy (non-hydrogen) atoms. The van der Waals surface area contributed by atoms with E-state index in [1.165, 1.54) is 23.5 Å². The fourth-order valence-corrected chi connectivity index (χ4v) is 3.56. The Morgan fingerprint density at radius 1 is 1.11 bits per heavy atom. The number of benzene rings is 1. The van der Waals surface area contributed by atoms with Crippen LogP contribution in [0.2, 0.25) is 0 Å². The van der Waals surface area contributed by atoms with Crippen LogP contribution in [0, 0.1) is 6.92 Å². The zero-order valence-corrected chi connectivity index (χ0v) is 16.4. The fourth-order valence-electron chi connectivity index (χ4n) is 2.66. The largest absolute Gasteiger partial charge is 0.451 e. The fraction of sp³-hybridized carbons (Fsp3) is 0.238. The van der Waals surface area contributed by atoms with E-state index in [0.717, 1.165) is 16.9 Å². The van der Waals surface area contributed by atoms with E-state index < -0.39 is 5.97 Å². The minimum Gasteiger partial charge on any atom is -0.451 e. The summed E-state index contributed by atoms with van der Waals surface area (Å²) >= 11 is 1.66. The van der Waals surface area contributed by atoms with E-state index in [1.54, 1.807) is 16.2 Å². The van der Waals surface area contributed by atoms with Crippen LogP contribution in [0.3, 0.4) is 0 Å². The highest BCUT2D eigenvalue weighted by Crippen LogP contribution is 2.18. The van der Waals surface area contributed by atoms with Gasteiger partial charge in [0.1, 0.15) is 0 Å². The average Bonchev–Trinajstić information content (AvgIpc) is 3.15. The third-order valence-corrected chi connectivity index (χ3v) is 5.09. The standard InChI is InChI=1S/C21H21N3O3S/c1-16-7-8-18(28-16)14-24(12-9-17-5-3-2-4-6-17)20(25)15-27-21(26)19-13-22-10-11-23-19/h2-8,10-11,13H,9,12,14-15H2,1H3. The Hall–Kier alpha value is -3.06. The highest BCUT2D eigenvalue weighted by atomic mass is 32.1. The molecule has 0 aliphatic rings. The molecule has 144 valence electrons. The molecule has 0 aliphatic heterocycles. The van der Waals surface area contributed by atoms with Crippen molar-refractivity contribution in [3.63, 3.8) is 0 Å². The molecule has 0 radical (unpaired) electrons. The lowest BCUT2D eigenvalue weighted by atomic mass is 10.1. The zero-order chi connectivity index (χ0) is 19.8. The van der Waals surface area contributed by atoms with Crippen LogP contribution < -0.4 is 0 Å². The monoisotopic (exact) mass is 395 g/mol. The van der Waals surface area contributed by atoms with Gasteiger partial charge in [-0.05, 0) is 31.0 Å². The second-order valence-electron chi connectivity index (χ2n) is 6.23. The van der Waals surface area contributed by atoms with Crippen molar-refractivity contribution in [1.82, 2.24) is 14.9 Å². The highest BCUT2D eigenvalue weighted by molar-refractivity contribution is 7.11. The van der Waals surface area contributed by atoms with Gasteiger partial charge in [0.25, 0.3) is 5.91 Å². The zero-order valence-electron chi connectivity index (χ0n) is 15.6. The summed E-state index contributed by atoms with van der Waals surface area (Å²) < 4.78 is 5.14. The first-order valence-electron chi connectivity index (χ1n) is 8.92. The van der Waals surface area contributed by atoms with Crippen molar-refractivity contribution in [2.75, 3.05) is 13.2 Å². The van der Waals surface area contributed by atoms with Crippen LogP contribution >= 0.6 is 11.3 Å². The SMILES string of the molecule is Cc1ccc(CN(CCc2ccccc2)C(=O)COC(=O)c2cnccn2)s1. The summed E-state index contributed by atoms with van der Waals surface area (Å²) in [4.78, 5) is 36.5. The lowest BCUT2D eigenvalue weighted by Gasteiger charge is -2.22. The molecule has 0 saturated carbocycles. The quantitative estimate of drug-likeness (QED) is 0.548. The molecule has 0 N–H and O–H groups in total. The number of aryl methyl sites for hydroxylation is 1. The molecular weight excluding hydrogens is 374 g/mol. The van der Waals surface area contributed by atoms with Crippen molar-refractivity contribution in [3.8, 4) is 0 Å². The minimum atomic E-state index is -0.656. The summed E-state index contributed by atoms with van der Waals surface area (Å²) in [6.45, 7) is 2.75. The van der Waals surface area contributed by atoms with Crippen molar-refractivity contribution in [1.29, 1.82) is 0 Å². The molecule has 0 spiro atoms. The van der Waals surface area contributed by atoms with E-state index in [9.17, 15) is 9.59 Å². The number of esters is 1. The topological polar surface area (TPSA) is 72.4 Å². The Labute approximate surface area is 167 Å². The molecule has 0 atom stereocenters. The first-order chi connectivity index (χ1) is 13.6. The van der Waals surface area contributed by atoms with E-state index in [-0.39, 0.29) is 18.2 Å². The summed E-state index contributed by atoms with van der Waals surface area (Å²) in [5, 5.41) is 0. The van der Waals surface area contributed by atoms with Crippen LogP contribution in [-0.4, -0.2) is 39.9 Å². The number of nitrogens with zero attached hydrogens (tertiary/aromatic N) is 3. The average molecular weight is 395 g/mol. The lowest BCUT2D eigenvalue weighted by Crippen LogP contribution is -2.35. The van der Waals surface area contributed by atoms with Crippen LogP contribution in [0.4, 0.5) is 0 Å². The van der Waals surface area contributed by atoms with Crippen molar-refractivity contribution >= 4 is 23.2 Å². The van der Waals surface area contributed by atoms with Gasteiger partial charge in [0.15, 0.2) is 12.3 Å². The summed E-state index contributed by atoms with van der Waals surface area (Å²) in [5.41, 5.74) is 1.24. The van der Waals surface area contributed by atoms with Gasteiger partial charge in [0.05, 0.1) is 12.7 Å². The van der Waals surface area contributed by atoms with Crippen LogP contribution in [-0.2, 0) is 22.5 Å². The minimum absolute atomic E-state index is 0.0833. The summed E-state index contributed by atoms with van der Waals surface area (Å²) in [6.07, 6.45) is 4.92. The Morgan fingerprint density at radius 2 is 1.93 bits per heavy atom. The Morgan fingerprint density at radius 3 is 2.61 bits per heavy atom. The van der Waals surface area contributed by atoms with E-state index in [2.05, 4.69) is 9.97 Å². The van der Waals surface area contributed by atoms with Gasteiger partial charge in [-0.25, -0.2) is 9.78 Å². The van der Waals surface area contributed by atoms with Crippen LogP contribution in [0.5, 0.6) is 0 Å². The number of hydrogen-bond donors (Lipinski definition) is 0. The summed E-state index contributed by atoms with van der Waals surface area (Å²) in [6, 6.07) is 14.0. The van der Waals surface area contributed by atoms with Gasteiger partial charge >= 0.3 is 5.97 Å². The van der Waals surface area contributed by atoms with Crippen LogP contribution in [0.1, 0.15) is 25.8 Å². The van der Waals surface area contributed by atoms with Gasteiger partial charge in [-0.3, -0.25) is 9.78 Å². The molecule has 0 bridgehead atoms. The van der Waals surface area contributed by atoms with Gasteiger partial charge in [-0.1, -0.05) is 30.3 Å². The Kier molecular flexibility index (Phi) is 6.86. The highest BCUT2D eigenvalue weighted by Gasteiger charge is 2.18. The molecule has 7 heteroatoms. The van der Waals surface area contributed by atoms with Gasteiger partial charge in [0.2, 0.25) is 0 Å². The molecule has 0 aliphatic carbocycles. The summed E-state index contributed by atoms with van der Waals surface area (Å²) in [7, 11) is 0. The molecule has 0 unspecified atom stereocenters. The molecule has 0 fully saturated rings. The normalized spacial score (nSPS) is 10.5. The second kappa shape index (κ2) is 9.75. The number of carbonyl (C=O) groups excluding carboxylic acids is 2.